The average molecular weight is 145 g/mol. The van der Waals surface area contributed by atoms with Crippen LogP contribution in [0, 0.1) is 6.92 Å². The van der Waals surface area contributed by atoms with Crippen LogP contribution in [0.2, 0.25) is 4.34 Å². The van der Waals surface area contributed by atoms with E-state index in [4.69, 9.17) is 18.5 Å². The highest BCUT2D eigenvalue weighted by molar-refractivity contribution is 7.16. The highest BCUT2D eigenvalue weighted by Gasteiger charge is 1.91. The lowest BCUT2D eigenvalue weighted by atomic mass is 10.4. The van der Waals surface area contributed by atoms with Crippen molar-refractivity contribution in [2.75, 3.05) is 0 Å². The van der Waals surface area contributed by atoms with Gasteiger partial charge in [0.2, 0.25) is 0 Å². The van der Waals surface area contributed by atoms with Gasteiger partial charge in [0, 0.05) is 4.88 Å². The van der Waals surface area contributed by atoms with Gasteiger partial charge >= 0.3 is 0 Å². The SMILES string of the molecule is [CH]Cc1ccc(Cl)s1. The largest absolute Gasteiger partial charge is 0.128 e. The van der Waals surface area contributed by atoms with Crippen LogP contribution in [0.15, 0.2) is 12.1 Å². The molecule has 1 aromatic rings. The number of halogens is 1. The van der Waals surface area contributed by atoms with Gasteiger partial charge in [0.05, 0.1) is 4.34 Å². The third-order valence-corrected chi connectivity index (χ3v) is 2.08. The van der Waals surface area contributed by atoms with Crippen LogP contribution in [0.5, 0.6) is 0 Å². The van der Waals surface area contributed by atoms with Crippen molar-refractivity contribution in [2.45, 2.75) is 6.42 Å². The molecule has 0 spiro atoms. The maximum atomic E-state index is 5.60. The predicted molar refractivity (Wildman–Crippen MR) is 37.3 cm³/mol. The summed E-state index contributed by atoms with van der Waals surface area (Å²) in [6, 6.07) is 3.79. The molecule has 0 fully saturated rings. The normalized spacial score (nSPS) is 9.75. The van der Waals surface area contributed by atoms with Gasteiger partial charge < -0.3 is 0 Å². The fourth-order valence-corrected chi connectivity index (χ4v) is 1.43. The zero-order valence-electron chi connectivity index (χ0n) is 4.23. The minimum Gasteiger partial charge on any atom is -0.128 e. The molecule has 0 aliphatic rings. The van der Waals surface area contributed by atoms with Crippen LogP contribution in [-0.2, 0) is 6.42 Å². The lowest BCUT2D eigenvalue weighted by molar-refractivity contribution is 1.35. The summed E-state index contributed by atoms with van der Waals surface area (Å²) in [6.45, 7) is 5.31. The number of hydrogen-bond donors (Lipinski definition) is 0. The molecule has 0 nitrogen and oxygen atoms in total. The summed E-state index contributed by atoms with van der Waals surface area (Å²) in [4.78, 5) is 1.13. The van der Waals surface area contributed by atoms with Gasteiger partial charge in [-0.05, 0) is 25.5 Å². The molecule has 8 heavy (non-hydrogen) atoms. The average Bonchev–Trinajstić information content (AvgIpc) is 2.14. The quantitative estimate of drug-likeness (QED) is 0.569. The molecule has 1 aromatic heterocycles. The Morgan fingerprint density at radius 3 is 2.62 bits per heavy atom. The smallest absolute Gasteiger partial charge is 0.0931 e. The Balaban J connectivity index is 2.84. The Hall–Kier alpha value is -0.0100. The van der Waals surface area contributed by atoms with Crippen LogP contribution >= 0.6 is 22.9 Å². The second-order valence-electron chi connectivity index (χ2n) is 1.41. The second-order valence-corrected chi connectivity index (χ2v) is 3.21. The van der Waals surface area contributed by atoms with Crippen molar-refractivity contribution in [1.29, 1.82) is 0 Å². The Bertz CT molecular complexity index is 169. The molecule has 1 rings (SSSR count). The standard InChI is InChI=1S/C6H5ClS/c1-2-5-3-4-6(7)8-5/h1,3-4H,2H2. The van der Waals surface area contributed by atoms with Gasteiger partial charge in [-0.15, -0.1) is 11.3 Å². The van der Waals surface area contributed by atoms with E-state index in [2.05, 4.69) is 0 Å². The van der Waals surface area contributed by atoms with Gasteiger partial charge in [-0.3, -0.25) is 0 Å². The zero-order chi connectivity index (χ0) is 5.98. The highest BCUT2D eigenvalue weighted by Crippen LogP contribution is 2.20. The van der Waals surface area contributed by atoms with Crippen molar-refractivity contribution in [1.82, 2.24) is 0 Å². The minimum absolute atomic E-state index is 0.595. The molecule has 2 heteroatoms. The third kappa shape index (κ3) is 1.23. The van der Waals surface area contributed by atoms with Crippen molar-refractivity contribution in [3.63, 3.8) is 0 Å². The summed E-state index contributed by atoms with van der Waals surface area (Å²) >= 11 is 7.13. The van der Waals surface area contributed by atoms with E-state index in [1.165, 1.54) is 11.3 Å². The first-order valence-corrected chi connectivity index (χ1v) is 3.46. The summed E-state index contributed by atoms with van der Waals surface area (Å²) in [5.74, 6) is 0. The topological polar surface area (TPSA) is 0 Å². The molecule has 0 aliphatic carbocycles. The molecule has 0 aliphatic heterocycles. The lowest BCUT2D eigenvalue weighted by Gasteiger charge is -1.79. The first-order valence-electron chi connectivity index (χ1n) is 2.27. The van der Waals surface area contributed by atoms with E-state index in [0.717, 1.165) is 9.21 Å². The Morgan fingerprint density at radius 1 is 1.62 bits per heavy atom. The summed E-state index contributed by atoms with van der Waals surface area (Å²) in [5.41, 5.74) is 0. The fourth-order valence-electron chi connectivity index (χ4n) is 0.461. The van der Waals surface area contributed by atoms with Gasteiger partial charge in [0.25, 0.3) is 0 Å². The van der Waals surface area contributed by atoms with Crippen molar-refractivity contribution < 1.29 is 0 Å². The van der Waals surface area contributed by atoms with Crippen LogP contribution in [-0.4, -0.2) is 0 Å². The molecule has 1 heterocycles. The van der Waals surface area contributed by atoms with E-state index in [1.54, 1.807) is 0 Å². The van der Waals surface area contributed by atoms with Crippen molar-refractivity contribution >= 4 is 22.9 Å². The molecule has 0 saturated heterocycles. The van der Waals surface area contributed by atoms with Crippen LogP contribution < -0.4 is 0 Å². The van der Waals surface area contributed by atoms with Crippen LogP contribution in [0.4, 0.5) is 0 Å². The van der Waals surface area contributed by atoms with Crippen molar-refractivity contribution in [2.24, 2.45) is 0 Å². The first-order chi connectivity index (χ1) is 3.83. The molecular formula is C6H5ClS. The maximum absolute atomic E-state index is 5.60. The van der Waals surface area contributed by atoms with E-state index in [-0.39, 0.29) is 0 Å². The van der Waals surface area contributed by atoms with Crippen LogP contribution in [0.25, 0.3) is 0 Å². The number of hydrogen-bond acceptors (Lipinski definition) is 1. The van der Waals surface area contributed by atoms with Gasteiger partial charge in [0.1, 0.15) is 0 Å². The molecule has 0 saturated carbocycles. The molecule has 0 aromatic carbocycles. The highest BCUT2D eigenvalue weighted by atomic mass is 35.5. The summed E-state index contributed by atoms with van der Waals surface area (Å²) in [6.07, 6.45) is 0.595. The van der Waals surface area contributed by atoms with Gasteiger partial charge in [-0.2, -0.15) is 0 Å². The molecule has 42 valence electrons. The maximum Gasteiger partial charge on any atom is 0.0931 e. The number of rotatable bonds is 1. The second kappa shape index (κ2) is 2.51. The van der Waals surface area contributed by atoms with E-state index in [0.29, 0.717) is 6.42 Å². The third-order valence-electron chi connectivity index (χ3n) is 0.830. The van der Waals surface area contributed by atoms with Gasteiger partial charge in [-0.1, -0.05) is 11.6 Å². The molecule has 2 radical (unpaired) electrons. The number of thiophene rings is 1. The van der Waals surface area contributed by atoms with E-state index in [9.17, 15) is 0 Å². The molecule has 0 amide bonds. The molecule has 0 bridgehead atoms. The summed E-state index contributed by atoms with van der Waals surface area (Å²) in [5, 5.41) is 0. The van der Waals surface area contributed by atoms with Crippen molar-refractivity contribution in [3.8, 4) is 0 Å². The van der Waals surface area contributed by atoms with Crippen molar-refractivity contribution in [3.05, 3.63) is 28.3 Å². The Kier molecular flexibility index (Phi) is 1.92. The summed E-state index contributed by atoms with van der Waals surface area (Å²) in [7, 11) is 0. The van der Waals surface area contributed by atoms with E-state index >= 15 is 0 Å². The van der Waals surface area contributed by atoms with Gasteiger partial charge in [-0.25, -0.2) is 0 Å². The zero-order valence-corrected chi connectivity index (χ0v) is 5.80. The molecule has 0 atom stereocenters. The van der Waals surface area contributed by atoms with Crippen LogP contribution in [0.3, 0.4) is 0 Å². The first kappa shape index (κ1) is 6.12. The summed E-state index contributed by atoms with van der Waals surface area (Å²) < 4.78 is 0.811. The monoisotopic (exact) mass is 144 g/mol. The lowest BCUT2D eigenvalue weighted by Crippen LogP contribution is -1.63. The molecular weight excluding hydrogens is 140 g/mol. The Labute approximate surface area is 58.1 Å². The predicted octanol–water partition coefficient (Wildman–Crippen LogP) is 2.66. The van der Waals surface area contributed by atoms with E-state index in [1.807, 2.05) is 12.1 Å². The fraction of sp³-hybridized carbons (Fsp3) is 0.167. The Morgan fingerprint density at radius 2 is 2.38 bits per heavy atom. The van der Waals surface area contributed by atoms with E-state index < -0.39 is 0 Å². The molecule has 0 N–H and O–H groups in total. The molecule has 0 unspecified atom stereocenters. The minimum atomic E-state index is 0.595. The van der Waals surface area contributed by atoms with Gasteiger partial charge in [0.15, 0.2) is 0 Å². The van der Waals surface area contributed by atoms with Crippen LogP contribution in [0.1, 0.15) is 4.88 Å².